The van der Waals surface area contributed by atoms with Crippen LogP contribution in [0.25, 0.3) is 0 Å². The summed E-state index contributed by atoms with van der Waals surface area (Å²) in [6.07, 6.45) is 3.69. The van der Waals surface area contributed by atoms with Gasteiger partial charge in [-0.1, -0.05) is 65.8 Å². The molecule has 0 saturated carbocycles. The second kappa shape index (κ2) is 7.26. The highest BCUT2D eigenvalue weighted by atomic mass is 14.8. The average molecular weight is 275 g/mol. The van der Waals surface area contributed by atoms with Crippen molar-refractivity contribution in [1.29, 1.82) is 0 Å². The number of rotatable bonds is 7. The summed E-state index contributed by atoms with van der Waals surface area (Å²) in [6, 6.07) is 9.20. The van der Waals surface area contributed by atoms with Crippen LogP contribution in [0.4, 0.5) is 0 Å². The molecule has 0 aliphatic rings. The van der Waals surface area contributed by atoms with Crippen molar-refractivity contribution >= 4 is 0 Å². The number of hydrogen-bond acceptors (Lipinski definition) is 1. The fourth-order valence-electron chi connectivity index (χ4n) is 2.38. The Hall–Kier alpha value is -0.820. The third kappa shape index (κ3) is 6.09. The first-order valence-corrected chi connectivity index (χ1v) is 8.05. The van der Waals surface area contributed by atoms with Gasteiger partial charge in [0.25, 0.3) is 0 Å². The van der Waals surface area contributed by atoms with Crippen LogP contribution in [0, 0.1) is 5.41 Å². The Labute approximate surface area is 126 Å². The van der Waals surface area contributed by atoms with E-state index in [1.165, 1.54) is 30.4 Å². The first-order chi connectivity index (χ1) is 9.24. The molecule has 1 aromatic carbocycles. The SMILES string of the molecule is CCNCCC(C)(C)CCc1ccc(C(C)(C)C)cc1. The van der Waals surface area contributed by atoms with E-state index in [0.29, 0.717) is 5.41 Å². The molecule has 1 aromatic rings. The van der Waals surface area contributed by atoms with Gasteiger partial charge in [-0.05, 0) is 54.3 Å². The van der Waals surface area contributed by atoms with Gasteiger partial charge in [0, 0.05) is 0 Å². The van der Waals surface area contributed by atoms with Crippen LogP contribution in [0.1, 0.15) is 65.5 Å². The van der Waals surface area contributed by atoms with Gasteiger partial charge in [0.15, 0.2) is 0 Å². The van der Waals surface area contributed by atoms with Crippen molar-refractivity contribution in [3.63, 3.8) is 0 Å². The third-order valence-electron chi connectivity index (χ3n) is 4.14. The molecule has 1 rings (SSSR count). The second-order valence-corrected chi connectivity index (χ2v) is 7.71. The lowest BCUT2D eigenvalue weighted by atomic mass is 9.82. The smallest absolute Gasteiger partial charge is 0.00439 e. The lowest BCUT2D eigenvalue weighted by molar-refractivity contribution is 0.303. The summed E-state index contributed by atoms with van der Waals surface area (Å²) in [5, 5.41) is 3.43. The van der Waals surface area contributed by atoms with Gasteiger partial charge in [-0.2, -0.15) is 0 Å². The maximum Gasteiger partial charge on any atom is -0.00439 e. The van der Waals surface area contributed by atoms with Crippen LogP contribution in [-0.2, 0) is 11.8 Å². The fourth-order valence-corrected chi connectivity index (χ4v) is 2.38. The predicted molar refractivity (Wildman–Crippen MR) is 90.4 cm³/mol. The molecule has 1 heteroatoms. The largest absolute Gasteiger partial charge is 0.317 e. The van der Waals surface area contributed by atoms with Crippen LogP contribution in [-0.4, -0.2) is 13.1 Å². The van der Waals surface area contributed by atoms with Crippen LogP contribution in [0.2, 0.25) is 0 Å². The predicted octanol–water partition coefficient (Wildman–Crippen LogP) is 4.94. The van der Waals surface area contributed by atoms with E-state index in [1.54, 1.807) is 0 Å². The molecule has 20 heavy (non-hydrogen) atoms. The zero-order valence-electron chi connectivity index (χ0n) is 14.3. The standard InChI is InChI=1S/C19H33N/c1-7-20-15-14-19(5,6)13-12-16-8-10-17(11-9-16)18(2,3)4/h8-11,20H,7,12-15H2,1-6H3. The Balaban J connectivity index is 2.49. The van der Waals surface area contributed by atoms with Crippen LogP contribution >= 0.6 is 0 Å². The second-order valence-electron chi connectivity index (χ2n) is 7.71. The summed E-state index contributed by atoms with van der Waals surface area (Å²) in [5.74, 6) is 0. The minimum Gasteiger partial charge on any atom is -0.317 e. The highest BCUT2D eigenvalue weighted by Crippen LogP contribution is 2.27. The lowest BCUT2D eigenvalue weighted by Gasteiger charge is -2.25. The maximum atomic E-state index is 3.43. The van der Waals surface area contributed by atoms with E-state index < -0.39 is 0 Å². The summed E-state index contributed by atoms with van der Waals surface area (Å²) in [4.78, 5) is 0. The molecular formula is C19H33N. The zero-order chi connectivity index (χ0) is 15.2. The van der Waals surface area contributed by atoms with Gasteiger partial charge in [-0.3, -0.25) is 0 Å². The van der Waals surface area contributed by atoms with Crippen LogP contribution < -0.4 is 5.32 Å². The Kier molecular flexibility index (Phi) is 6.26. The van der Waals surface area contributed by atoms with Crippen molar-refractivity contribution in [2.24, 2.45) is 5.41 Å². The minimum absolute atomic E-state index is 0.254. The van der Waals surface area contributed by atoms with Gasteiger partial charge < -0.3 is 5.32 Å². The molecule has 0 aliphatic carbocycles. The number of hydrogen-bond donors (Lipinski definition) is 1. The van der Waals surface area contributed by atoms with Crippen molar-refractivity contribution in [3.05, 3.63) is 35.4 Å². The van der Waals surface area contributed by atoms with Crippen molar-refractivity contribution in [2.75, 3.05) is 13.1 Å². The van der Waals surface area contributed by atoms with E-state index in [4.69, 9.17) is 0 Å². The van der Waals surface area contributed by atoms with Gasteiger partial charge in [0.1, 0.15) is 0 Å². The fraction of sp³-hybridized carbons (Fsp3) is 0.684. The monoisotopic (exact) mass is 275 g/mol. The highest BCUT2D eigenvalue weighted by Gasteiger charge is 2.17. The van der Waals surface area contributed by atoms with Crippen molar-refractivity contribution < 1.29 is 0 Å². The summed E-state index contributed by atoms with van der Waals surface area (Å²) < 4.78 is 0. The van der Waals surface area contributed by atoms with E-state index in [2.05, 4.69) is 71.1 Å². The Morgan fingerprint density at radius 2 is 1.50 bits per heavy atom. The maximum absolute atomic E-state index is 3.43. The molecule has 0 aliphatic heterocycles. The average Bonchev–Trinajstić information content (AvgIpc) is 2.36. The first-order valence-electron chi connectivity index (χ1n) is 8.05. The molecule has 0 bridgehead atoms. The zero-order valence-corrected chi connectivity index (χ0v) is 14.3. The Morgan fingerprint density at radius 1 is 0.900 bits per heavy atom. The number of benzene rings is 1. The molecule has 1 N–H and O–H groups in total. The molecule has 0 fully saturated rings. The number of nitrogens with one attached hydrogen (secondary N) is 1. The summed E-state index contributed by atoms with van der Waals surface area (Å²) in [5.41, 5.74) is 3.57. The van der Waals surface area contributed by atoms with Crippen LogP contribution in [0.15, 0.2) is 24.3 Å². The topological polar surface area (TPSA) is 12.0 Å². The third-order valence-corrected chi connectivity index (χ3v) is 4.14. The van der Waals surface area contributed by atoms with Crippen molar-refractivity contribution in [1.82, 2.24) is 5.32 Å². The van der Waals surface area contributed by atoms with Crippen LogP contribution in [0.5, 0.6) is 0 Å². The van der Waals surface area contributed by atoms with E-state index in [-0.39, 0.29) is 5.41 Å². The summed E-state index contributed by atoms with van der Waals surface area (Å²) in [7, 11) is 0. The van der Waals surface area contributed by atoms with Crippen molar-refractivity contribution in [3.8, 4) is 0 Å². The molecule has 0 unspecified atom stereocenters. The molecule has 0 saturated heterocycles. The van der Waals surface area contributed by atoms with E-state index in [9.17, 15) is 0 Å². The number of aryl methyl sites for hydroxylation is 1. The van der Waals surface area contributed by atoms with E-state index in [0.717, 1.165) is 13.1 Å². The quantitative estimate of drug-likeness (QED) is 0.695. The van der Waals surface area contributed by atoms with Gasteiger partial charge in [0.05, 0.1) is 0 Å². The first kappa shape index (κ1) is 17.2. The minimum atomic E-state index is 0.254. The molecule has 0 atom stereocenters. The van der Waals surface area contributed by atoms with Gasteiger partial charge in [-0.25, -0.2) is 0 Å². The summed E-state index contributed by atoms with van der Waals surface area (Å²) in [6.45, 7) is 16.0. The van der Waals surface area contributed by atoms with Crippen LogP contribution in [0.3, 0.4) is 0 Å². The molecule has 0 spiro atoms. The van der Waals surface area contributed by atoms with Gasteiger partial charge in [0.2, 0.25) is 0 Å². The van der Waals surface area contributed by atoms with E-state index >= 15 is 0 Å². The highest BCUT2D eigenvalue weighted by molar-refractivity contribution is 5.27. The Morgan fingerprint density at radius 3 is 2.00 bits per heavy atom. The molecule has 0 amide bonds. The van der Waals surface area contributed by atoms with Gasteiger partial charge >= 0.3 is 0 Å². The normalized spacial score (nSPS) is 12.7. The molecule has 1 nitrogen and oxygen atoms in total. The molecule has 0 aromatic heterocycles. The van der Waals surface area contributed by atoms with Crippen molar-refractivity contribution in [2.45, 2.75) is 66.2 Å². The molecule has 0 heterocycles. The Bertz CT molecular complexity index is 381. The lowest BCUT2D eigenvalue weighted by Crippen LogP contribution is -2.22. The van der Waals surface area contributed by atoms with E-state index in [1.807, 2.05) is 0 Å². The van der Waals surface area contributed by atoms with Gasteiger partial charge in [-0.15, -0.1) is 0 Å². The molecular weight excluding hydrogens is 242 g/mol. The molecule has 114 valence electrons. The summed E-state index contributed by atoms with van der Waals surface area (Å²) >= 11 is 0. The molecule has 0 radical (unpaired) electrons.